The van der Waals surface area contributed by atoms with Crippen molar-refractivity contribution >= 4 is 15.9 Å². The van der Waals surface area contributed by atoms with E-state index in [1.165, 1.54) is 10.4 Å². The van der Waals surface area contributed by atoms with Gasteiger partial charge in [-0.2, -0.15) is 9.40 Å². The van der Waals surface area contributed by atoms with Gasteiger partial charge in [0.25, 0.3) is 10.0 Å². The molecule has 4 rings (SSSR count). The first-order valence-corrected chi connectivity index (χ1v) is 11.3. The molecule has 1 saturated heterocycles. The predicted molar refractivity (Wildman–Crippen MR) is 111 cm³/mol. The zero-order valence-electron chi connectivity index (χ0n) is 16.7. The summed E-state index contributed by atoms with van der Waals surface area (Å²) in [6, 6.07) is 12.7. The van der Waals surface area contributed by atoms with Gasteiger partial charge in [-0.15, -0.1) is 0 Å². The van der Waals surface area contributed by atoms with Gasteiger partial charge in [0.05, 0.1) is 0 Å². The molecule has 0 aliphatic carbocycles. The molecule has 0 radical (unpaired) electrons. The Morgan fingerprint density at radius 1 is 1.20 bits per heavy atom. The van der Waals surface area contributed by atoms with Crippen LogP contribution in [-0.2, 0) is 21.4 Å². The van der Waals surface area contributed by atoms with Crippen LogP contribution in [0.2, 0.25) is 0 Å². The highest BCUT2D eigenvalue weighted by Gasteiger charge is 2.34. The topological polar surface area (TPSA) is 108 Å². The first-order chi connectivity index (χ1) is 14.4. The Bertz CT molecular complexity index is 1110. The minimum absolute atomic E-state index is 0.0326. The third-order valence-corrected chi connectivity index (χ3v) is 7.25. The van der Waals surface area contributed by atoms with E-state index < -0.39 is 10.0 Å². The quantitative estimate of drug-likeness (QED) is 0.628. The second-order valence-corrected chi connectivity index (χ2v) is 9.28. The zero-order chi connectivity index (χ0) is 21.1. The normalized spacial score (nSPS) is 15.9. The summed E-state index contributed by atoms with van der Waals surface area (Å²) in [7, 11) is -3.74. The molecule has 1 aliphatic rings. The van der Waals surface area contributed by atoms with Crippen LogP contribution in [0.1, 0.15) is 24.0 Å². The molecule has 0 saturated carbocycles. The molecule has 0 bridgehead atoms. The third-order valence-electron chi connectivity index (χ3n) is 5.48. The number of aryl methyl sites for hydroxylation is 1. The number of carbonyl (C=O) groups excluding carboxylic acids is 1. The van der Waals surface area contributed by atoms with E-state index >= 15 is 0 Å². The molecule has 0 atom stereocenters. The average Bonchev–Trinajstić information content (AvgIpc) is 3.45. The number of sulfonamides is 1. The van der Waals surface area contributed by atoms with E-state index in [0.717, 1.165) is 11.1 Å². The number of rotatable bonds is 6. The molecule has 2 N–H and O–H groups in total. The molecule has 1 amide bonds. The van der Waals surface area contributed by atoms with Crippen molar-refractivity contribution in [3.63, 3.8) is 0 Å². The van der Waals surface area contributed by atoms with E-state index in [4.69, 9.17) is 4.42 Å². The van der Waals surface area contributed by atoms with E-state index in [1.807, 2.05) is 31.2 Å². The number of furan rings is 1. The van der Waals surface area contributed by atoms with Gasteiger partial charge in [-0.3, -0.25) is 9.89 Å². The number of hydrogen-bond acceptors (Lipinski definition) is 5. The molecule has 0 spiro atoms. The molecule has 2 aromatic heterocycles. The van der Waals surface area contributed by atoms with Gasteiger partial charge >= 0.3 is 0 Å². The Kier molecular flexibility index (Phi) is 5.74. The van der Waals surface area contributed by atoms with E-state index in [9.17, 15) is 13.2 Å². The predicted octanol–water partition coefficient (Wildman–Crippen LogP) is 2.70. The van der Waals surface area contributed by atoms with E-state index in [2.05, 4.69) is 15.5 Å². The number of nitrogens with zero attached hydrogens (tertiary/aromatic N) is 2. The molecule has 158 valence electrons. The SMILES string of the molecule is Cc1ccccc1CNC(=O)C1CCN(S(=O)(=O)c2ccc(-c3ccn[nH]3)o2)CC1. The lowest BCUT2D eigenvalue weighted by Gasteiger charge is -2.29. The standard InChI is InChI=1S/C21H24N4O4S/c1-15-4-2-3-5-17(15)14-22-21(26)16-9-12-25(13-10-16)30(27,28)20-7-6-19(29-20)18-8-11-23-24-18/h2-8,11,16H,9-10,12-14H2,1H3,(H,22,26)(H,23,24). The largest absolute Gasteiger partial charge is 0.442 e. The second-order valence-electron chi connectivity index (χ2n) is 7.41. The maximum Gasteiger partial charge on any atom is 0.276 e. The van der Waals surface area contributed by atoms with Crippen LogP contribution in [0.25, 0.3) is 11.5 Å². The maximum absolute atomic E-state index is 12.9. The lowest BCUT2D eigenvalue weighted by Crippen LogP contribution is -2.42. The summed E-state index contributed by atoms with van der Waals surface area (Å²) in [5.41, 5.74) is 2.82. The molecule has 30 heavy (non-hydrogen) atoms. The summed E-state index contributed by atoms with van der Waals surface area (Å²) >= 11 is 0. The minimum Gasteiger partial charge on any atom is -0.442 e. The fourth-order valence-electron chi connectivity index (χ4n) is 3.62. The van der Waals surface area contributed by atoms with Gasteiger partial charge in [0, 0.05) is 31.7 Å². The van der Waals surface area contributed by atoms with Crippen LogP contribution in [0.3, 0.4) is 0 Å². The number of amides is 1. The van der Waals surface area contributed by atoms with Gasteiger partial charge in [0.2, 0.25) is 11.0 Å². The zero-order valence-corrected chi connectivity index (χ0v) is 17.5. The van der Waals surface area contributed by atoms with Gasteiger partial charge < -0.3 is 9.73 Å². The van der Waals surface area contributed by atoms with Gasteiger partial charge in [-0.05, 0) is 49.1 Å². The second kappa shape index (κ2) is 8.45. The Hall–Kier alpha value is -2.91. The molecule has 3 aromatic rings. The van der Waals surface area contributed by atoms with Gasteiger partial charge in [0.15, 0.2) is 5.76 Å². The Morgan fingerprint density at radius 2 is 1.97 bits per heavy atom. The van der Waals surface area contributed by atoms with Crippen molar-refractivity contribution in [3.8, 4) is 11.5 Å². The fraction of sp³-hybridized carbons (Fsp3) is 0.333. The van der Waals surface area contributed by atoms with Crippen LogP contribution in [-0.4, -0.2) is 41.9 Å². The van der Waals surface area contributed by atoms with Crippen molar-refractivity contribution < 1.29 is 17.6 Å². The van der Waals surface area contributed by atoms with Crippen molar-refractivity contribution in [2.75, 3.05) is 13.1 Å². The summed E-state index contributed by atoms with van der Waals surface area (Å²) in [5, 5.41) is 9.46. The fourth-order valence-corrected chi connectivity index (χ4v) is 5.00. The average molecular weight is 429 g/mol. The molecule has 8 nitrogen and oxygen atoms in total. The molecule has 9 heteroatoms. The highest BCUT2D eigenvalue weighted by molar-refractivity contribution is 7.89. The van der Waals surface area contributed by atoms with Crippen molar-refractivity contribution in [2.45, 2.75) is 31.4 Å². The van der Waals surface area contributed by atoms with Crippen molar-refractivity contribution in [2.24, 2.45) is 5.92 Å². The van der Waals surface area contributed by atoms with Crippen LogP contribution in [0.15, 0.2) is 58.2 Å². The summed E-state index contributed by atoms with van der Waals surface area (Å²) in [6.45, 7) is 3.06. The Labute approximate surface area is 175 Å². The van der Waals surface area contributed by atoms with Crippen molar-refractivity contribution in [1.82, 2.24) is 19.8 Å². The summed E-state index contributed by atoms with van der Waals surface area (Å²) in [5.74, 6) is 0.184. The van der Waals surface area contributed by atoms with E-state index in [1.54, 1.807) is 18.3 Å². The highest BCUT2D eigenvalue weighted by Crippen LogP contribution is 2.28. The van der Waals surface area contributed by atoms with Crippen LogP contribution in [0.5, 0.6) is 0 Å². The monoisotopic (exact) mass is 428 g/mol. The van der Waals surface area contributed by atoms with Crippen molar-refractivity contribution in [3.05, 3.63) is 59.8 Å². The highest BCUT2D eigenvalue weighted by atomic mass is 32.2. The molecular weight excluding hydrogens is 404 g/mol. The molecule has 0 unspecified atom stereocenters. The Morgan fingerprint density at radius 3 is 2.67 bits per heavy atom. The summed E-state index contributed by atoms with van der Waals surface area (Å²) in [4.78, 5) is 12.5. The lowest BCUT2D eigenvalue weighted by molar-refractivity contribution is -0.126. The lowest BCUT2D eigenvalue weighted by atomic mass is 9.97. The molecule has 1 fully saturated rings. The van der Waals surface area contributed by atoms with Crippen LogP contribution in [0.4, 0.5) is 0 Å². The van der Waals surface area contributed by atoms with Gasteiger partial charge in [0.1, 0.15) is 5.69 Å². The number of nitrogens with one attached hydrogen (secondary N) is 2. The summed E-state index contributed by atoms with van der Waals surface area (Å²) in [6.07, 6.45) is 2.53. The molecular formula is C21H24N4O4S. The minimum atomic E-state index is -3.74. The number of H-pyrrole nitrogens is 1. The number of aromatic nitrogens is 2. The van der Waals surface area contributed by atoms with Gasteiger partial charge in [-0.1, -0.05) is 24.3 Å². The van der Waals surface area contributed by atoms with Gasteiger partial charge in [-0.25, -0.2) is 8.42 Å². The van der Waals surface area contributed by atoms with Crippen LogP contribution < -0.4 is 5.32 Å². The molecule has 3 heterocycles. The van der Waals surface area contributed by atoms with Crippen molar-refractivity contribution in [1.29, 1.82) is 0 Å². The van der Waals surface area contributed by atoms with Crippen LogP contribution >= 0.6 is 0 Å². The van der Waals surface area contributed by atoms with Crippen LogP contribution in [0, 0.1) is 12.8 Å². The van der Waals surface area contributed by atoms with E-state index in [-0.39, 0.29) is 30.0 Å². The molecule has 1 aliphatic heterocycles. The number of hydrogen-bond donors (Lipinski definition) is 2. The smallest absolute Gasteiger partial charge is 0.276 e. The maximum atomic E-state index is 12.9. The third kappa shape index (κ3) is 4.17. The first kappa shape index (κ1) is 20.4. The number of piperidine rings is 1. The van der Waals surface area contributed by atoms with E-state index in [0.29, 0.717) is 30.8 Å². The number of aromatic amines is 1. The molecule has 1 aromatic carbocycles. The Balaban J connectivity index is 1.34. The summed E-state index contributed by atoms with van der Waals surface area (Å²) < 4.78 is 32.7. The first-order valence-electron chi connectivity index (χ1n) is 9.87. The number of benzene rings is 1. The number of carbonyl (C=O) groups is 1.